The summed E-state index contributed by atoms with van der Waals surface area (Å²) in [6.07, 6.45) is 5.86. The summed E-state index contributed by atoms with van der Waals surface area (Å²) in [6, 6.07) is 7.64. The molecule has 3 aromatic rings. The van der Waals surface area contributed by atoms with Gasteiger partial charge in [0, 0.05) is 11.9 Å². The Morgan fingerprint density at radius 3 is 2.50 bits per heavy atom. The molecule has 22 heavy (non-hydrogen) atoms. The molecule has 0 bridgehead atoms. The van der Waals surface area contributed by atoms with Crippen LogP contribution in [0.15, 0.2) is 29.1 Å². The minimum absolute atomic E-state index is 0.0430. The molecule has 0 aliphatic heterocycles. The molecule has 2 aromatic heterocycles. The minimum atomic E-state index is 0.0430. The largest absolute Gasteiger partial charge is 0.273 e. The first-order chi connectivity index (χ1) is 10.7. The molecule has 5 heteroatoms. The van der Waals surface area contributed by atoms with Crippen molar-refractivity contribution in [2.24, 2.45) is 0 Å². The van der Waals surface area contributed by atoms with Gasteiger partial charge in [0.15, 0.2) is 5.65 Å². The van der Waals surface area contributed by atoms with Gasteiger partial charge >= 0.3 is 0 Å². The van der Waals surface area contributed by atoms with Gasteiger partial charge in [-0.2, -0.15) is 0 Å². The quantitative estimate of drug-likeness (QED) is 0.656. The SMILES string of the molecule is CCCCCCCn1c(=O)c2ccccc2c2nnc(C)n21. The van der Waals surface area contributed by atoms with Gasteiger partial charge in [0.2, 0.25) is 0 Å². The van der Waals surface area contributed by atoms with E-state index >= 15 is 0 Å². The lowest BCUT2D eigenvalue weighted by Gasteiger charge is -2.12. The van der Waals surface area contributed by atoms with E-state index in [4.69, 9.17) is 0 Å². The lowest BCUT2D eigenvalue weighted by atomic mass is 10.1. The van der Waals surface area contributed by atoms with Crippen LogP contribution in [0.25, 0.3) is 16.4 Å². The number of hydrogen-bond donors (Lipinski definition) is 0. The normalized spacial score (nSPS) is 11.5. The van der Waals surface area contributed by atoms with E-state index in [9.17, 15) is 4.79 Å². The first-order valence-electron chi connectivity index (χ1n) is 8.07. The summed E-state index contributed by atoms with van der Waals surface area (Å²) in [5.74, 6) is 0.756. The molecule has 0 atom stereocenters. The maximum Gasteiger partial charge on any atom is 0.273 e. The third-order valence-corrected chi connectivity index (χ3v) is 4.14. The lowest BCUT2D eigenvalue weighted by Crippen LogP contribution is -2.27. The number of aromatic nitrogens is 4. The molecule has 0 aliphatic rings. The number of rotatable bonds is 6. The molecule has 0 aliphatic carbocycles. The van der Waals surface area contributed by atoms with Crippen molar-refractivity contribution in [2.45, 2.75) is 52.5 Å². The van der Waals surface area contributed by atoms with E-state index in [0.29, 0.717) is 6.54 Å². The molecular weight excluding hydrogens is 276 g/mol. The number of unbranched alkanes of at least 4 members (excludes halogenated alkanes) is 4. The maximum absolute atomic E-state index is 12.8. The summed E-state index contributed by atoms with van der Waals surface area (Å²) in [7, 11) is 0. The highest BCUT2D eigenvalue weighted by molar-refractivity contribution is 5.92. The van der Waals surface area contributed by atoms with Gasteiger partial charge in [-0.15, -0.1) is 10.2 Å². The zero-order chi connectivity index (χ0) is 15.5. The molecule has 3 rings (SSSR count). The van der Waals surface area contributed by atoms with Crippen LogP contribution in [0.1, 0.15) is 44.9 Å². The van der Waals surface area contributed by atoms with E-state index in [1.807, 2.05) is 35.7 Å². The molecule has 116 valence electrons. The molecule has 0 spiro atoms. The Bertz CT molecular complexity index is 847. The summed E-state index contributed by atoms with van der Waals surface area (Å²) >= 11 is 0. The summed E-state index contributed by atoms with van der Waals surface area (Å²) in [4.78, 5) is 12.8. The van der Waals surface area contributed by atoms with Gasteiger partial charge in [0.1, 0.15) is 5.82 Å². The van der Waals surface area contributed by atoms with Crippen molar-refractivity contribution in [3.05, 3.63) is 40.4 Å². The van der Waals surface area contributed by atoms with E-state index in [-0.39, 0.29) is 5.56 Å². The molecule has 0 saturated heterocycles. The van der Waals surface area contributed by atoms with Crippen molar-refractivity contribution in [1.82, 2.24) is 19.4 Å². The number of benzene rings is 1. The average Bonchev–Trinajstić information content (AvgIpc) is 2.92. The maximum atomic E-state index is 12.8. The summed E-state index contributed by atoms with van der Waals surface area (Å²) < 4.78 is 3.66. The standard InChI is InChI=1S/C17H22N4O/c1-3-4-5-6-9-12-20-17(22)15-11-8-7-10-14(15)16-19-18-13(2)21(16)20/h7-8,10-11H,3-6,9,12H2,1-2H3. The predicted molar refractivity (Wildman–Crippen MR) is 88.2 cm³/mol. The van der Waals surface area contributed by atoms with E-state index in [2.05, 4.69) is 17.1 Å². The monoisotopic (exact) mass is 298 g/mol. The predicted octanol–water partition coefficient (Wildman–Crippen LogP) is 3.32. The smallest absolute Gasteiger partial charge is 0.267 e. The number of nitrogens with zero attached hydrogens (tertiary/aromatic N) is 4. The van der Waals surface area contributed by atoms with Gasteiger partial charge in [-0.25, -0.2) is 9.20 Å². The van der Waals surface area contributed by atoms with E-state index in [1.54, 1.807) is 4.68 Å². The van der Waals surface area contributed by atoms with Gasteiger partial charge in [0.05, 0.1) is 5.39 Å². The molecule has 1 aromatic carbocycles. The molecule has 5 nitrogen and oxygen atoms in total. The third-order valence-electron chi connectivity index (χ3n) is 4.14. The fourth-order valence-electron chi connectivity index (χ4n) is 2.98. The number of fused-ring (bicyclic) bond motifs is 3. The van der Waals surface area contributed by atoms with E-state index < -0.39 is 0 Å². The molecule has 0 saturated carbocycles. The van der Waals surface area contributed by atoms with Crippen LogP contribution in [0.4, 0.5) is 0 Å². The second-order valence-corrected chi connectivity index (χ2v) is 5.77. The molecule has 0 N–H and O–H groups in total. The van der Waals surface area contributed by atoms with Crippen molar-refractivity contribution < 1.29 is 0 Å². The zero-order valence-electron chi connectivity index (χ0n) is 13.2. The molecule has 0 fully saturated rings. The van der Waals surface area contributed by atoms with Crippen LogP contribution >= 0.6 is 0 Å². The van der Waals surface area contributed by atoms with Gasteiger partial charge in [-0.1, -0.05) is 50.8 Å². The number of hydrogen-bond acceptors (Lipinski definition) is 3. The van der Waals surface area contributed by atoms with Crippen LogP contribution in [0.2, 0.25) is 0 Å². The first-order valence-corrected chi connectivity index (χ1v) is 8.07. The van der Waals surface area contributed by atoms with E-state index in [1.165, 1.54) is 19.3 Å². The van der Waals surface area contributed by atoms with Crippen molar-refractivity contribution in [1.29, 1.82) is 0 Å². The lowest BCUT2D eigenvalue weighted by molar-refractivity contribution is 0.492. The van der Waals surface area contributed by atoms with Gasteiger partial charge in [-0.05, 0) is 19.4 Å². The van der Waals surface area contributed by atoms with Crippen LogP contribution < -0.4 is 5.56 Å². The molecular formula is C17H22N4O. The highest BCUT2D eigenvalue weighted by atomic mass is 16.1. The van der Waals surface area contributed by atoms with Gasteiger partial charge in [-0.3, -0.25) is 4.79 Å². The zero-order valence-corrected chi connectivity index (χ0v) is 13.2. The molecule has 0 radical (unpaired) electrons. The first kappa shape index (κ1) is 14.8. The van der Waals surface area contributed by atoms with Crippen LogP contribution in [0, 0.1) is 6.92 Å². The summed E-state index contributed by atoms with van der Waals surface area (Å²) in [5, 5.41) is 10.0. The van der Waals surface area contributed by atoms with Crippen molar-refractivity contribution in [3.8, 4) is 0 Å². The Hall–Kier alpha value is -2.17. The molecule has 0 unspecified atom stereocenters. The Morgan fingerprint density at radius 2 is 1.73 bits per heavy atom. The second-order valence-electron chi connectivity index (χ2n) is 5.77. The third kappa shape index (κ3) is 2.51. The Kier molecular flexibility index (Phi) is 4.22. The average molecular weight is 298 g/mol. The topological polar surface area (TPSA) is 52.2 Å². The van der Waals surface area contributed by atoms with Crippen molar-refractivity contribution in [3.63, 3.8) is 0 Å². The van der Waals surface area contributed by atoms with Crippen molar-refractivity contribution in [2.75, 3.05) is 0 Å². The van der Waals surface area contributed by atoms with Crippen LogP contribution in [-0.4, -0.2) is 19.4 Å². The summed E-state index contributed by atoms with van der Waals surface area (Å²) in [6.45, 7) is 4.81. The molecule has 0 amide bonds. The van der Waals surface area contributed by atoms with Crippen LogP contribution in [0.5, 0.6) is 0 Å². The van der Waals surface area contributed by atoms with Crippen LogP contribution in [-0.2, 0) is 6.54 Å². The van der Waals surface area contributed by atoms with Crippen molar-refractivity contribution >= 4 is 16.4 Å². The summed E-state index contributed by atoms with van der Waals surface area (Å²) in [5.41, 5.74) is 0.808. The highest BCUT2D eigenvalue weighted by Gasteiger charge is 2.13. The number of aryl methyl sites for hydroxylation is 2. The Morgan fingerprint density at radius 1 is 1.00 bits per heavy atom. The van der Waals surface area contributed by atoms with Gasteiger partial charge < -0.3 is 0 Å². The fourth-order valence-corrected chi connectivity index (χ4v) is 2.98. The second kappa shape index (κ2) is 6.30. The van der Waals surface area contributed by atoms with Crippen LogP contribution in [0.3, 0.4) is 0 Å². The van der Waals surface area contributed by atoms with Gasteiger partial charge in [0.25, 0.3) is 5.56 Å². The molecule has 2 heterocycles. The Labute approximate surface area is 129 Å². The highest BCUT2D eigenvalue weighted by Crippen LogP contribution is 2.16. The minimum Gasteiger partial charge on any atom is -0.267 e. The van der Waals surface area contributed by atoms with E-state index in [0.717, 1.165) is 35.1 Å². The fraction of sp³-hybridized carbons (Fsp3) is 0.471. The Balaban J connectivity index is 2.05.